The van der Waals surface area contributed by atoms with E-state index in [1.165, 1.54) is 0 Å². The predicted octanol–water partition coefficient (Wildman–Crippen LogP) is 1.80. The van der Waals surface area contributed by atoms with Crippen LogP contribution < -0.4 is 27.4 Å². The third-order valence-corrected chi connectivity index (χ3v) is 7.15. The predicted molar refractivity (Wildman–Crippen MR) is 155 cm³/mol. The van der Waals surface area contributed by atoms with Crippen LogP contribution in [0, 0.1) is 11.8 Å². The number of unbranched alkanes of at least 4 members (excludes halogenated alkanes) is 1. The number of hydrogen-bond acceptors (Lipinski definition) is 6. The average molecular weight is 559 g/mol. The Morgan fingerprint density at radius 1 is 0.950 bits per heavy atom. The number of aromatic nitrogens is 1. The monoisotopic (exact) mass is 558 g/mol. The Balaban J connectivity index is 2.31. The molecule has 0 saturated carbocycles. The molecule has 1 heterocycles. The summed E-state index contributed by atoms with van der Waals surface area (Å²) < 4.78 is 0. The number of amides is 3. The fourth-order valence-corrected chi connectivity index (χ4v) is 4.59. The highest BCUT2D eigenvalue weighted by Gasteiger charge is 2.32. The van der Waals surface area contributed by atoms with E-state index in [-0.39, 0.29) is 24.7 Å². The van der Waals surface area contributed by atoms with Crippen LogP contribution in [0.2, 0.25) is 0 Å². The second-order valence-corrected chi connectivity index (χ2v) is 10.9. The van der Waals surface area contributed by atoms with Crippen LogP contribution in [0.4, 0.5) is 0 Å². The quantitative estimate of drug-likeness (QED) is 0.144. The largest absolute Gasteiger partial charge is 0.480 e. The van der Waals surface area contributed by atoms with Crippen LogP contribution in [0.25, 0.3) is 10.9 Å². The number of carbonyl (C=O) groups is 4. The minimum atomic E-state index is -1.14. The molecule has 3 amide bonds. The fourth-order valence-electron chi connectivity index (χ4n) is 4.59. The summed E-state index contributed by atoms with van der Waals surface area (Å²) in [5.74, 6) is -2.87. The third kappa shape index (κ3) is 9.63. The second-order valence-electron chi connectivity index (χ2n) is 10.9. The molecule has 5 unspecified atom stereocenters. The number of aliphatic carboxylic acids is 1. The maximum atomic E-state index is 13.6. The standard InChI is InChI=1S/C29H46N6O5/c1-5-18(4)25(29(39)40)35-27(37)23(12-8-9-13-30)33-28(38)24(34-26(36)21(31)14-17(2)3)15-19-16-32-22-11-7-6-10-20(19)22/h6-7,10-11,16-18,21,23-25,32H,5,8-9,12-15,30-31H2,1-4H3,(H,33,38)(H,34,36)(H,35,37)(H,39,40). The maximum Gasteiger partial charge on any atom is 0.326 e. The van der Waals surface area contributed by atoms with Crippen molar-refractivity contribution in [2.45, 2.75) is 90.4 Å². The van der Waals surface area contributed by atoms with Crippen LogP contribution in [0.3, 0.4) is 0 Å². The van der Waals surface area contributed by atoms with Crippen molar-refractivity contribution in [2.75, 3.05) is 6.54 Å². The van der Waals surface area contributed by atoms with E-state index in [0.717, 1.165) is 16.5 Å². The molecule has 5 atom stereocenters. The SMILES string of the molecule is CCC(C)C(NC(=O)C(CCCCN)NC(=O)C(Cc1c[nH]c2ccccc12)NC(=O)C(N)CC(C)C)C(=O)O. The lowest BCUT2D eigenvalue weighted by Crippen LogP contribution is -2.58. The molecule has 9 N–H and O–H groups in total. The highest BCUT2D eigenvalue weighted by atomic mass is 16.4. The van der Waals surface area contributed by atoms with Gasteiger partial charge in [0.05, 0.1) is 6.04 Å². The molecule has 0 aliphatic heterocycles. The van der Waals surface area contributed by atoms with Gasteiger partial charge in [-0.25, -0.2) is 4.79 Å². The first-order valence-electron chi connectivity index (χ1n) is 14.1. The number of carboxylic acid groups (broad SMARTS) is 1. The molecule has 0 saturated heterocycles. The highest BCUT2D eigenvalue weighted by Crippen LogP contribution is 2.19. The summed E-state index contributed by atoms with van der Waals surface area (Å²) in [6.45, 7) is 7.92. The molecule has 11 heteroatoms. The number of hydrogen-bond donors (Lipinski definition) is 7. The van der Waals surface area contributed by atoms with Gasteiger partial charge in [-0.1, -0.05) is 52.3 Å². The Morgan fingerprint density at radius 3 is 2.23 bits per heavy atom. The minimum Gasteiger partial charge on any atom is -0.480 e. The maximum absolute atomic E-state index is 13.6. The fraction of sp³-hybridized carbons (Fsp3) is 0.586. The van der Waals surface area contributed by atoms with Crippen molar-refractivity contribution < 1.29 is 24.3 Å². The van der Waals surface area contributed by atoms with Gasteiger partial charge in [0.15, 0.2) is 0 Å². The lowest BCUT2D eigenvalue weighted by molar-refractivity contribution is -0.144. The van der Waals surface area contributed by atoms with E-state index in [0.29, 0.717) is 32.2 Å². The molecule has 40 heavy (non-hydrogen) atoms. The number of carboxylic acids is 1. The highest BCUT2D eigenvalue weighted by molar-refractivity contribution is 5.95. The summed E-state index contributed by atoms with van der Waals surface area (Å²) >= 11 is 0. The van der Waals surface area contributed by atoms with E-state index in [1.807, 2.05) is 45.0 Å². The van der Waals surface area contributed by atoms with E-state index >= 15 is 0 Å². The summed E-state index contributed by atoms with van der Waals surface area (Å²) in [6, 6.07) is 3.71. The number of aromatic amines is 1. The van der Waals surface area contributed by atoms with Crippen LogP contribution in [0.5, 0.6) is 0 Å². The van der Waals surface area contributed by atoms with E-state index in [2.05, 4.69) is 20.9 Å². The summed E-state index contributed by atoms with van der Waals surface area (Å²) in [5, 5.41) is 18.7. The Hall–Kier alpha value is -3.44. The van der Waals surface area contributed by atoms with Crippen molar-refractivity contribution in [2.24, 2.45) is 23.3 Å². The van der Waals surface area contributed by atoms with Crippen molar-refractivity contribution in [3.05, 3.63) is 36.0 Å². The van der Waals surface area contributed by atoms with Crippen LogP contribution in [0.15, 0.2) is 30.5 Å². The number of rotatable bonds is 17. The number of para-hydroxylation sites is 1. The number of H-pyrrole nitrogens is 1. The van der Waals surface area contributed by atoms with Crippen molar-refractivity contribution in [1.82, 2.24) is 20.9 Å². The van der Waals surface area contributed by atoms with Gasteiger partial charge < -0.3 is 37.5 Å². The van der Waals surface area contributed by atoms with Crippen molar-refractivity contribution in [3.63, 3.8) is 0 Å². The Bertz CT molecular complexity index is 1130. The zero-order valence-corrected chi connectivity index (χ0v) is 24.0. The van der Waals surface area contributed by atoms with Gasteiger partial charge in [0, 0.05) is 23.5 Å². The molecule has 11 nitrogen and oxygen atoms in total. The van der Waals surface area contributed by atoms with Gasteiger partial charge in [0.2, 0.25) is 17.7 Å². The normalized spacial score (nSPS) is 15.2. The molecule has 1 aromatic carbocycles. The summed E-state index contributed by atoms with van der Waals surface area (Å²) in [4.78, 5) is 54.8. The zero-order chi connectivity index (χ0) is 29.8. The molecule has 1 aromatic heterocycles. The Labute approximate surface area is 236 Å². The average Bonchev–Trinajstić information content (AvgIpc) is 3.32. The van der Waals surface area contributed by atoms with Gasteiger partial charge in [0.1, 0.15) is 18.1 Å². The summed E-state index contributed by atoms with van der Waals surface area (Å²) in [7, 11) is 0. The first kappa shape index (κ1) is 32.8. The Morgan fingerprint density at radius 2 is 1.60 bits per heavy atom. The third-order valence-electron chi connectivity index (χ3n) is 7.15. The van der Waals surface area contributed by atoms with E-state index in [1.54, 1.807) is 13.1 Å². The lowest BCUT2D eigenvalue weighted by atomic mass is 9.98. The molecular formula is C29H46N6O5. The van der Waals surface area contributed by atoms with Gasteiger partial charge in [-0.2, -0.15) is 0 Å². The van der Waals surface area contributed by atoms with E-state index < -0.39 is 47.9 Å². The van der Waals surface area contributed by atoms with Gasteiger partial charge in [-0.05, 0) is 55.7 Å². The van der Waals surface area contributed by atoms with Crippen molar-refractivity contribution in [1.29, 1.82) is 0 Å². The van der Waals surface area contributed by atoms with E-state index in [9.17, 15) is 24.3 Å². The van der Waals surface area contributed by atoms with Gasteiger partial charge in [-0.3, -0.25) is 14.4 Å². The first-order chi connectivity index (χ1) is 19.0. The molecule has 0 aliphatic carbocycles. The molecule has 222 valence electrons. The summed E-state index contributed by atoms with van der Waals surface area (Å²) in [5.41, 5.74) is 13.4. The first-order valence-corrected chi connectivity index (χ1v) is 14.1. The van der Waals surface area contributed by atoms with Crippen LogP contribution >= 0.6 is 0 Å². The van der Waals surface area contributed by atoms with E-state index in [4.69, 9.17) is 11.5 Å². The number of nitrogens with two attached hydrogens (primary N) is 2. The zero-order valence-electron chi connectivity index (χ0n) is 24.0. The molecule has 2 rings (SSSR count). The smallest absolute Gasteiger partial charge is 0.326 e. The Kier molecular flexibility index (Phi) is 13.1. The van der Waals surface area contributed by atoms with Crippen LogP contribution in [0.1, 0.15) is 65.4 Å². The van der Waals surface area contributed by atoms with Gasteiger partial charge in [0.25, 0.3) is 0 Å². The molecule has 0 bridgehead atoms. The molecule has 0 radical (unpaired) electrons. The number of nitrogens with one attached hydrogen (secondary N) is 4. The molecule has 0 fully saturated rings. The minimum absolute atomic E-state index is 0.164. The summed E-state index contributed by atoms with van der Waals surface area (Å²) in [6.07, 6.45) is 4.40. The van der Waals surface area contributed by atoms with Crippen LogP contribution in [-0.2, 0) is 25.6 Å². The lowest BCUT2D eigenvalue weighted by Gasteiger charge is -2.27. The molecule has 0 aliphatic rings. The van der Waals surface area contributed by atoms with Crippen LogP contribution in [-0.4, -0.2) is 64.5 Å². The molecular weight excluding hydrogens is 512 g/mol. The number of fused-ring (bicyclic) bond motifs is 1. The topological polar surface area (TPSA) is 192 Å². The second kappa shape index (κ2) is 16.0. The van der Waals surface area contributed by atoms with Crippen molar-refractivity contribution in [3.8, 4) is 0 Å². The number of benzene rings is 1. The van der Waals surface area contributed by atoms with Gasteiger partial charge >= 0.3 is 5.97 Å². The molecule has 2 aromatic rings. The van der Waals surface area contributed by atoms with Gasteiger partial charge in [-0.15, -0.1) is 0 Å². The van der Waals surface area contributed by atoms with Crippen molar-refractivity contribution >= 4 is 34.6 Å². The number of carbonyl (C=O) groups excluding carboxylic acids is 3. The molecule has 0 spiro atoms.